The molecule has 1 fully saturated rings. The van der Waals surface area contributed by atoms with Gasteiger partial charge in [0.2, 0.25) is 0 Å². The van der Waals surface area contributed by atoms with Gasteiger partial charge in [0.05, 0.1) is 13.7 Å². The van der Waals surface area contributed by atoms with Crippen LogP contribution in [0.1, 0.15) is 23.6 Å². The van der Waals surface area contributed by atoms with Gasteiger partial charge in [0.1, 0.15) is 5.75 Å². The summed E-state index contributed by atoms with van der Waals surface area (Å²) in [4.78, 5) is 0. The van der Waals surface area contributed by atoms with E-state index < -0.39 is 0 Å². The average molecular weight is 235 g/mol. The fourth-order valence-corrected chi connectivity index (χ4v) is 2.58. The van der Waals surface area contributed by atoms with Gasteiger partial charge in [-0.2, -0.15) is 0 Å². The second kappa shape index (κ2) is 5.52. The molecule has 2 unspecified atom stereocenters. The monoisotopic (exact) mass is 235 g/mol. The predicted molar refractivity (Wildman–Crippen MR) is 68.5 cm³/mol. The highest BCUT2D eigenvalue weighted by molar-refractivity contribution is 5.37. The van der Waals surface area contributed by atoms with E-state index in [9.17, 15) is 0 Å². The molecule has 1 N–H and O–H groups in total. The van der Waals surface area contributed by atoms with E-state index in [-0.39, 0.29) is 0 Å². The molecule has 1 aliphatic heterocycles. The second-order valence-corrected chi connectivity index (χ2v) is 4.61. The Hall–Kier alpha value is -1.06. The Kier molecular flexibility index (Phi) is 4.02. The van der Waals surface area contributed by atoms with Gasteiger partial charge in [0.15, 0.2) is 0 Å². The quantitative estimate of drug-likeness (QED) is 0.868. The Balaban J connectivity index is 2.23. The summed E-state index contributed by atoms with van der Waals surface area (Å²) in [6.07, 6.45) is 1.14. The van der Waals surface area contributed by atoms with Crippen LogP contribution in [0.3, 0.4) is 0 Å². The maximum atomic E-state index is 5.48. The Bertz CT molecular complexity index is 372. The molecule has 3 nitrogen and oxygen atoms in total. The van der Waals surface area contributed by atoms with Crippen LogP contribution < -0.4 is 10.1 Å². The molecule has 0 amide bonds. The summed E-state index contributed by atoms with van der Waals surface area (Å²) in [5.74, 6) is 1.50. The van der Waals surface area contributed by atoms with Crippen molar-refractivity contribution < 1.29 is 9.47 Å². The molecule has 17 heavy (non-hydrogen) atoms. The first-order valence-corrected chi connectivity index (χ1v) is 6.15. The van der Waals surface area contributed by atoms with E-state index in [1.165, 1.54) is 11.1 Å². The number of rotatable bonds is 4. The van der Waals surface area contributed by atoms with E-state index in [0.717, 1.165) is 25.4 Å². The molecule has 0 bridgehead atoms. The predicted octanol–water partition coefficient (Wildman–Crippen LogP) is 2.30. The Labute approximate surface area is 103 Å². The third kappa shape index (κ3) is 2.61. The molecule has 1 heterocycles. The minimum Gasteiger partial charge on any atom is -0.497 e. The van der Waals surface area contributed by atoms with Crippen molar-refractivity contribution in [3.05, 3.63) is 29.3 Å². The first-order valence-electron chi connectivity index (χ1n) is 6.15. The number of hydrogen-bond donors (Lipinski definition) is 1. The number of nitrogens with one attached hydrogen (secondary N) is 1. The molecule has 0 aliphatic carbocycles. The molecule has 1 saturated heterocycles. The zero-order chi connectivity index (χ0) is 12.3. The Morgan fingerprint density at radius 1 is 1.47 bits per heavy atom. The molecule has 2 atom stereocenters. The van der Waals surface area contributed by atoms with Gasteiger partial charge in [0.25, 0.3) is 0 Å². The van der Waals surface area contributed by atoms with Crippen molar-refractivity contribution in [3.8, 4) is 5.75 Å². The van der Waals surface area contributed by atoms with Crippen LogP contribution in [-0.2, 0) is 4.74 Å². The van der Waals surface area contributed by atoms with Crippen LogP contribution in [0, 0.1) is 12.8 Å². The van der Waals surface area contributed by atoms with Gasteiger partial charge in [0, 0.05) is 18.6 Å². The molecule has 2 rings (SSSR count). The van der Waals surface area contributed by atoms with Gasteiger partial charge < -0.3 is 14.8 Å². The standard InChI is InChI=1S/C14H21NO2/c1-10-8-12(16-3)4-5-13(10)14(15-2)11-6-7-17-9-11/h4-5,8,11,14-15H,6-7,9H2,1-3H3. The lowest BCUT2D eigenvalue weighted by atomic mass is 9.90. The molecule has 94 valence electrons. The number of benzene rings is 1. The maximum Gasteiger partial charge on any atom is 0.119 e. The lowest BCUT2D eigenvalue weighted by molar-refractivity contribution is 0.177. The Morgan fingerprint density at radius 3 is 2.82 bits per heavy atom. The first-order chi connectivity index (χ1) is 8.26. The summed E-state index contributed by atoms with van der Waals surface area (Å²) in [6.45, 7) is 3.88. The topological polar surface area (TPSA) is 30.5 Å². The summed E-state index contributed by atoms with van der Waals surface area (Å²) >= 11 is 0. The minimum absolute atomic E-state index is 0.378. The van der Waals surface area contributed by atoms with Gasteiger partial charge in [-0.25, -0.2) is 0 Å². The van der Waals surface area contributed by atoms with Crippen LogP contribution in [0.5, 0.6) is 5.75 Å². The highest BCUT2D eigenvalue weighted by Crippen LogP contribution is 2.31. The van der Waals surface area contributed by atoms with Crippen molar-refractivity contribution in [1.82, 2.24) is 5.32 Å². The fraction of sp³-hybridized carbons (Fsp3) is 0.571. The normalized spacial score (nSPS) is 21.5. The van der Waals surface area contributed by atoms with E-state index >= 15 is 0 Å². The molecule has 3 heteroatoms. The third-order valence-corrected chi connectivity index (χ3v) is 3.56. The molecule has 0 radical (unpaired) electrons. The molecule has 0 saturated carbocycles. The van der Waals surface area contributed by atoms with Crippen LogP contribution in [0.2, 0.25) is 0 Å². The highest BCUT2D eigenvalue weighted by Gasteiger charge is 2.26. The molecular formula is C14H21NO2. The highest BCUT2D eigenvalue weighted by atomic mass is 16.5. The van der Waals surface area contributed by atoms with Crippen LogP contribution >= 0.6 is 0 Å². The molecule has 1 aromatic rings. The van der Waals surface area contributed by atoms with Gasteiger partial charge in [-0.05, 0) is 43.7 Å². The van der Waals surface area contributed by atoms with E-state index in [2.05, 4.69) is 24.4 Å². The van der Waals surface area contributed by atoms with Gasteiger partial charge >= 0.3 is 0 Å². The zero-order valence-corrected chi connectivity index (χ0v) is 10.8. The molecular weight excluding hydrogens is 214 g/mol. The summed E-state index contributed by atoms with van der Waals surface area (Å²) in [5.41, 5.74) is 2.62. The SMILES string of the molecule is CNC(c1ccc(OC)cc1C)C1CCOC1. The van der Waals surface area contributed by atoms with Crippen LogP contribution in [-0.4, -0.2) is 27.4 Å². The van der Waals surface area contributed by atoms with Crippen molar-refractivity contribution in [2.75, 3.05) is 27.4 Å². The van der Waals surface area contributed by atoms with Crippen molar-refractivity contribution in [2.24, 2.45) is 5.92 Å². The van der Waals surface area contributed by atoms with E-state index in [4.69, 9.17) is 9.47 Å². The molecule has 0 aromatic heterocycles. The van der Waals surface area contributed by atoms with Crippen molar-refractivity contribution >= 4 is 0 Å². The van der Waals surface area contributed by atoms with E-state index in [0.29, 0.717) is 12.0 Å². The average Bonchev–Trinajstić information content (AvgIpc) is 2.85. The summed E-state index contributed by atoms with van der Waals surface area (Å²) < 4.78 is 10.7. The van der Waals surface area contributed by atoms with Gasteiger partial charge in [-0.15, -0.1) is 0 Å². The van der Waals surface area contributed by atoms with Crippen molar-refractivity contribution in [1.29, 1.82) is 0 Å². The number of hydrogen-bond acceptors (Lipinski definition) is 3. The summed E-state index contributed by atoms with van der Waals surface area (Å²) in [6, 6.07) is 6.66. The third-order valence-electron chi connectivity index (χ3n) is 3.56. The molecule has 1 aliphatic rings. The van der Waals surface area contributed by atoms with E-state index in [1.807, 2.05) is 13.1 Å². The summed E-state index contributed by atoms with van der Waals surface area (Å²) in [7, 11) is 3.72. The van der Waals surface area contributed by atoms with Gasteiger partial charge in [-0.1, -0.05) is 6.07 Å². The van der Waals surface area contributed by atoms with Crippen LogP contribution in [0.25, 0.3) is 0 Å². The van der Waals surface area contributed by atoms with Crippen LogP contribution in [0.4, 0.5) is 0 Å². The van der Waals surface area contributed by atoms with Gasteiger partial charge in [-0.3, -0.25) is 0 Å². The minimum atomic E-state index is 0.378. The Morgan fingerprint density at radius 2 is 2.29 bits per heavy atom. The number of aryl methyl sites for hydroxylation is 1. The first kappa shape index (κ1) is 12.4. The van der Waals surface area contributed by atoms with Crippen LogP contribution in [0.15, 0.2) is 18.2 Å². The number of ether oxygens (including phenoxy) is 2. The zero-order valence-electron chi connectivity index (χ0n) is 10.8. The van der Waals surface area contributed by atoms with E-state index in [1.54, 1.807) is 7.11 Å². The fourth-order valence-electron chi connectivity index (χ4n) is 2.58. The largest absolute Gasteiger partial charge is 0.497 e. The molecule has 1 aromatic carbocycles. The van der Waals surface area contributed by atoms with Crippen molar-refractivity contribution in [3.63, 3.8) is 0 Å². The second-order valence-electron chi connectivity index (χ2n) is 4.61. The maximum absolute atomic E-state index is 5.48. The summed E-state index contributed by atoms with van der Waals surface area (Å²) in [5, 5.41) is 3.42. The lowest BCUT2D eigenvalue weighted by Gasteiger charge is -2.24. The lowest BCUT2D eigenvalue weighted by Crippen LogP contribution is -2.26. The smallest absolute Gasteiger partial charge is 0.119 e. The molecule has 0 spiro atoms. The number of methoxy groups -OCH3 is 1. The van der Waals surface area contributed by atoms with Crippen molar-refractivity contribution in [2.45, 2.75) is 19.4 Å².